The van der Waals surface area contributed by atoms with Gasteiger partial charge in [-0.25, -0.2) is 4.39 Å². The average Bonchev–Trinajstić information content (AvgIpc) is 2.75. The van der Waals surface area contributed by atoms with Gasteiger partial charge in [0.15, 0.2) is 0 Å². The lowest BCUT2D eigenvalue weighted by Gasteiger charge is -2.11. The first-order valence-corrected chi connectivity index (χ1v) is 10.1. The summed E-state index contributed by atoms with van der Waals surface area (Å²) in [7, 11) is 0. The summed E-state index contributed by atoms with van der Waals surface area (Å²) in [5.41, 5.74) is 6.79. The Bertz CT molecular complexity index is 1170. The number of nitrogens with zero attached hydrogens (tertiary/aromatic N) is 1. The maximum absolute atomic E-state index is 13.4. The highest BCUT2D eigenvalue weighted by molar-refractivity contribution is 5.97. The second-order valence-corrected chi connectivity index (χ2v) is 7.27. The molecule has 0 atom stereocenters. The maximum atomic E-state index is 13.4. The summed E-state index contributed by atoms with van der Waals surface area (Å²) < 4.78 is 13.4. The molecule has 0 amide bonds. The summed E-state index contributed by atoms with van der Waals surface area (Å²) in [5, 5.41) is 2.20. The zero-order valence-electron chi connectivity index (χ0n) is 16.8. The smallest absolute Gasteiger partial charge is 0.123 e. The van der Waals surface area contributed by atoms with Crippen LogP contribution in [0.5, 0.6) is 0 Å². The molecule has 0 aliphatic carbocycles. The molecule has 0 aliphatic heterocycles. The summed E-state index contributed by atoms with van der Waals surface area (Å²) in [4.78, 5) is 4.59. The van der Waals surface area contributed by atoms with E-state index in [4.69, 9.17) is 0 Å². The molecule has 144 valence electrons. The number of benzene rings is 3. The molecule has 1 nitrogen and oxygen atoms in total. The molecule has 0 saturated heterocycles. The van der Waals surface area contributed by atoms with E-state index in [1.807, 2.05) is 12.3 Å². The fourth-order valence-electron chi connectivity index (χ4n) is 3.79. The third kappa shape index (κ3) is 3.97. The van der Waals surface area contributed by atoms with Crippen LogP contribution in [0.1, 0.15) is 31.4 Å². The number of hydrogen-bond donors (Lipinski definition) is 0. The number of hydrogen-bond acceptors (Lipinski definition) is 1. The highest BCUT2D eigenvalue weighted by Gasteiger charge is 2.09. The van der Waals surface area contributed by atoms with Crippen LogP contribution in [0.15, 0.2) is 79.0 Å². The standard InChI is InChI=1S/C27H24FN/c1-3-5-19-7-9-23(17-22(19)6-4-2)24-10-8-20-15-16-29-27(26(20)18-24)21-11-13-25(28)14-12-21/h4,6-18H,3,5H2,1-2H3/b6-4-. The van der Waals surface area contributed by atoms with Gasteiger partial charge in [0.05, 0.1) is 5.69 Å². The molecule has 0 aliphatic rings. The molecule has 29 heavy (non-hydrogen) atoms. The fraction of sp³-hybridized carbons (Fsp3) is 0.148. The molecule has 4 rings (SSSR count). The molecule has 1 heterocycles. The van der Waals surface area contributed by atoms with Crippen molar-refractivity contribution < 1.29 is 4.39 Å². The van der Waals surface area contributed by atoms with Crippen molar-refractivity contribution in [3.63, 3.8) is 0 Å². The zero-order valence-corrected chi connectivity index (χ0v) is 16.8. The quantitative estimate of drug-likeness (QED) is 0.345. The van der Waals surface area contributed by atoms with Crippen molar-refractivity contribution in [1.82, 2.24) is 4.98 Å². The normalized spacial score (nSPS) is 11.4. The van der Waals surface area contributed by atoms with Crippen molar-refractivity contribution in [2.24, 2.45) is 0 Å². The molecule has 1 aromatic heterocycles. The van der Waals surface area contributed by atoms with Gasteiger partial charge in [0, 0.05) is 17.1 Å². The zero-order chi connectivity index (χ0) is 20.2. The predicted octanol–water partition coefficient (Wildman–Crippen LogP) is 7.69. The molecule has 0 bridgehead atoms. The minimum absolute atomic E-state index is 0.238. The van der Waals surface area contributed by atoms with Gasteiger partial charge in [0.2, 0.25) is 0 Å². The summed E-state index contributed by atoms with van der Waals surface area (Å²) in [6, 6.07) is 21.7. The molecule has 0 radical (unpaired) electrons. The Morgan fingerprint density at radius 2 is 1.59 bits per heavy atom. The highest BCUT2D eigenvalue weighted by atomic mass is 19.1. The summed E-state index contributed by atoms with van der Waals surface area (Å²) in [6.45, 7) is 4.26. The summed E-state index contributed by atoms with van der Waals surface area (Å²) >= 11 is 0. The van der Waals surface area contributed by atoms with Crippen LogP contribution in [0, 0.1) is 5.82 Å². The van der Waals surface area contributed by atoms with Crippen molar-refractivity contribution in [2.45, 2.75) is 26.7 Å². The fourth-order valence-corrected chi connectivity index (χ4v) is 3.79. The monoisotopic (exact) mass is 381 g/mol. The Kier molecular flexibility index (Phi) is 5.53. The van der Waals surface area contributed by atoms with E-state index in [1.165, 1.54) is 28.8 Å². The van der Waals surface area contributed by atoms with Crippen LogP contribution in [0.25, 0.3) is 39.2 Å². The lowest BCUT2D eigenvalue weighted by molar-refractivity contribution is 0.628. The lowest BCUT2D eigenvalue weighted by Crippen LogP contribution is -1.91. The van der Waals surface area contributed by atoms with E-state index >= 15 is 0 Å². The number of allylic oxidation sites excluding steroid dienone is 1. The Balaban J connectivity index is 1.84. The summed E-state index contributed by atoms with van der Waals surface area (Å²) in [6.07, 6.45) is 8.30. The van der Waals surface area contributed by atoms with Crippen molar-refractivity contribution in [1.29, 1.82) is 0 Å². The maximum Gasteiger partial charge on any atom is 0.123 e. The van der Waals surface area contributed by atoms with Gasteiger partial charge in [-0.2, -0.15) is 0 Å². The van der Waals surface area contributed by atoms with Crippen molar-refractivity contribution >= 4 is 16.8 Å². The number of rotatable bonds is 5. The van der Waals surface area contributed by atoms with E-state index in [1.54, 1.807) is 12.1 Å². The van der Waals surface area contributed by atoms with Crippen molar-refractivity contribution in [2.75, 3.05) is 0 Å². The number of aryl methyl sites for hydroxylation is 1. The van der Waals surface area contributed by atoms with Crippen LogP contribution in [-0.4, -0.2) is 4.98 Å². The van der Waals surface area contributed by atoms with Gasteiger partial charge in [-0.15, -0.1) is 0 Å². The Morgan fingerprint density at radius 3 is 2.34 bits per heavy atom. The van der Waals surface area contributed by atoms with E-state index < -0.39 is 0 Å². The molecule has 0 N–H and O–H groups in total. The summed E-state index contributed by atoms with van der Waals surface area (Å²) in [5.74, 6) is -0.238. The van der Waals surface area contributed by atoms with E-state index in [2.05, 4.69) is 67.4 Å². The van der Waals surface area contributed by atoms with E-state index in [0.717, 1.165) is 40.4 Å². The van der Waals surface area contributed by atoms with Crippen LogP contribution in [-0.2, 0) is 6.42 Å². The molecule has 3 aromatic carbocycles. The second kappa shape index (κ2) is 8.40. The molecular formula is C27H24FN. The van der Waals surface area contributed by atoms with Crippen molar-refractivity contribution in [3.05, 3.63) is 95.9 Å². The number of pyridine rings is 1. The third-order valence-electron chi connectivity index (χ3n) is 5.23. The Hall–Kier alpha value is -3.26. The van der Waals surface area contributed by atoms with Crippen LogP contribution in [0.4, 0.5) is 4.39 Å². The number of fused-ring (bicyclic) bond motifs is 1. The lowest BCUT2D eigenvalue weighted by atomic mass is 9.94. The third-order valence-corrected chi connectivity index (χ3v) is 5.23. The van der Waals surface area contributed by atoms with E-state index in [0.29, 0.717) is 0 Å². The first-order chi connectivity index (χ1) is 14.2. The first-order valence-electron chi connectivity index (χ1n) is 10.1. The molecule has 4 aromatic rings. The minimum Gasteiger partial charge on any atom is -0.256 e. The Morgan fingerprint density at radius 1 is 0.862 bits per heavy atom. The van der Waals surface area contributed by atoms with E-state index in [9.17, 15) is 4.39 Å². The van der Waals surface area contributed by atoms with Crippen LogP contribution < -0.4 is 0 Å². The van der Waals surface area contributed by atoms with Gasteiger partial charge in [-0.05, 0) is 83.4 Å². The molecular weight excluding hydrogens is 357 g/mol. The van der Waals surface area contributed by atoms with Crippen molar-refractivity contribution in [3.8, 4) is 22.4 Å². The largest absolute Gasteiger partial charge is 0.256 e. The first kappa shape index (κ1) is 19.1. The SMILES string of the molecule is C/C=C\c1cc(-c2ccc3ccnc(-c4ccc(F)cc4)c3c2)ccc1CCC. The highest BCUT2D eigenvalue weighted by Crippen LogP contribution is 2.32. The van der Waals surface area contributed by atoms with Crippen LogP contribution in [0.2, 0.25) is 0 Å². The van der Waals surface area contributed by atoms with E-state index in [-0.39, 0.29) is 5.82 Å². The molecule has 2 heteroatoms. The van der Waals surface area contributed by atoms with Gasteiger partial charge in [0.1, 0.15) is 5.82 Å². The second-order valence-electron chi connectivity index (χ2n) is 7.27. The topological polar surface area (TPSA) is 12.9 Å². The predicted molar refractivity (Wildman–Crippen MR) is 121 cm³/mol. The van der Waals surface area contributed by atoms with Gasteiger partial charge < -0.3 is 0 Å². The molecule has 0 fully saturated rings. The van der Waals surface area contributed by atoms with Gasteiger partial charge in [0.25, 0.3) is 0 Å². The van der Waals surface area contributed by atoms with Gasteiger partial charge >= 0.3 is 0 Å². The molecule has 0 saturated carbocycles. The minimum atomic E-state index is -0.238. The Labute approximate surface area is 171 Å². The molecule has 0 unspecified atom stereocenters. The number of halogens is 1. The number of aromatic nitrogens is 1. The van der Waals surface area contributed by atoms with Gasteiger partial charge in [-0.1, -0.05) is 49.8 Å². The van der Waals surface area contributed by atoms with Crippen LogP contribution >= 0.6 is 0 Å². The average molecular weight is 381 g/mol. The van der Waals surface area contributed by atoms with Crippen LogP contribution in [0.3, 0.4) is 0 Å². The molecule has 0 spiro atoms. The van der Waals surface area contributed by atoms with Gasteiger partial charge in [-0.3, -0.25) is 4.98 Å².